The number of nitrogens with zero attached hydrogens (tertiary/aromatic N) is 2. The lowest BCUT2D eigenvalue weighted by atomic mass is 10.0. The third-order valence-electron chi connectivity index (χ3n) is 6.48. The van der Waals surface area contributed by atoms with Gasteiger partial charge in [-0.15, -0.1) is 0 Å². The third kappa shape index (κ3) is 5.53. The molecule has 8 nitrogen and oxygen atoms in total. The Morgan fingerprint density at radius 3 is 2.54 bits per heavy atom. The molecule has 2 fully saturated rings. The molecule has 1 saturated carbocycles. The SMILES string of the molecule is CCOC(=O)c1cn(C2CC2)c2c(C=CC[C@@H]3[C@@H](O)CCN3C(=O)OC(C)(C)C)c(F)c(F)cc2c1=O. The highest BCUT2D eigenvalue weighted by atomic mass is 19.2. The maximum absolute atomic E-state index is 15.1. The molecule has 1 saturated heterocycles. The quantitative estimate of drug-likeness (QED) is 0.563. The van der Waals surface area contributed by atoms with E-state index in [1.165, 1.54) is 17.2 Å². The second kappa shape index (κ2) is 10.2. The summed E-state index contributed by atoms with van der Waals surface area (Å²) in [5.41, 5.74) is -1.62. The monoisotopic (exact) mass is 518 g/mol. The average Bonchev–Trinajstić information content (AvgIpc) is 3.59. The Balaban J connectivity index is 1.73. The number of esters is 1. The molecule has 1 amide bonds. The van der Waals surface area contributed by atoms with Crippen LogP contribution in [0.2, 0.25) is 0 Å². The number of aromatic nitrogens is 1. The smallest absolute Gasteiger partial charge is 0.410 e. The van der Waals surface area contributed by atoms with Gasteiger partial charge in [-0.25, -0.2) is 18.4 Å². The normalized spacial score (nSPS) is 20.1. The molecule has 2 aliphatic rings. The summed E-state index contributed by atoms with van der Waals surface area (Å²) in [7, 11) is 0. The summed E-state index contributed by atoms with van der Waals surface area (Å²) in [5.74, 6) is -3.16. The van der Waals surface area contributed by atoms with Gasteiger partial charge in [-0.1, -0.05) is 12.2 Å². The van der Waals surface area contributed by atoms with E-state index in [0.717, 1.165) is 18.9 Å². The van der Waals surface area contributed by atoms with E-state index in [4.69, 9.17) is 9.47 Å². The van der Waals surface area contributed by atoms with Crippen molar-refractivity contribution in [2.75, 3.05) is 13.2 Å². The van der Waals surface area contributed by atoms with Gasteiger partial charge in [0.15, 0.2) is 11.6 Å². The number of ether oxygens (including phenoxy) is 2. The van der Waals surface area contributed by atoms with Gasteiger partial charge in [0.2, 0.25) is 5.43 Å². The number of fused-ring (bicyclic) bond motifs is 1. The van der Waals surface area contributed by atoms with Crippen molar-refractivity contribution in [2.45, 2.75) is 77.2 Å². The van der Waals surface area contributed by atoms with Gasteiger partial charge in [0.25, 0.3) is 0 Å². The number of aliphatic hydroxyl groups excluding tert-OH is 1. The molecule has 200 valence electrons. The van der Waals surface area contributed by atoms with Crippen LogP contribution in [0.1, 0.15) is 75.3 Å². The topological polar surface area (TPSA) is 98.1 Å². The first kappa shape index (κ1) is 26.8. The van der Waals surface area contributed by atoms with E-state index in [2.05, 4.69) is 0 Å². The highest BCUT2D eigenvalue weighted by Crippen LogP contribution is 2.39. The van der Waals surface area contributed by atoms with Crippen LogP contribution in [0.3, 0.4) is 0 Å². The van der Waals surface area contributed by atoms with Gasteiger partial charge >= 0.3 is 12.1 Å². The summed E-state index contributed by atoms with van der Waals surface area (Å²) in [6.07, 6.45) is 4.97. The fourth-order valence-corrected chi connectivity index (χ4v) is 4.64. The van der Waals surface area contributed by atoms with Gasteiger partial charge in [-0.3, -0.25) is 4.79 Å². The molecule has 2 atom stereocenters. The first-order valence-electron chi connectivity index (χ1n) is 12.5. The first-order valence-corrected chi connectivity index (χ1v) is 12.5. The first-order chi connectivity index (χ1) is 17.4. The molecule has 1 aromatic heterocycles. The Morgan fingerprint density at radius 1 is 1.22 bits per heavy atom. The largest absolute Gasteiger partial charge is 0.462 e. The molecule has 1 aliphatic heterocycles. The molecule has 37 heavy (non-hydrogen) atoms. The molecular formula is C27H32F2N2O6. The Labute approximate surface area is 213 Å². The van der Waals surface area contributed by atoms with Crippen LogP contribution in [-0.2, 0) is 9.47 Å². The van der Waals surface area contributed by atoms with Crippen LogP contribution < -0.4 is 5.43 Å². The zero-order valence-corrected chi connectivity index (χ0v) is 21.4. The summed E-state index contributed by atoms with van der Waals surface area (Å²) in [4.78, 5) is 39.5. The number of benzene rings is 1. The fourth-order valence-electron chi connectivity index (χ4n) is 4.64. The molecule has 0 radical (unpaired) electrons. The fraction of sp³-hybridized carbons (Fsp3) is 0.519. The van der Waals surface area contributed by atoms with E-state index in [0.29, 0.717) is 13.0 Å². The van der Waals surface area contributed by atoms with Crippen molar-refractivity contribution in [3.05, 3.63) is 51.3 Å². The van der Waals surface area contributed by atoms with E-state index in [-0.39, 0.29) is 41.1 Å². The molecule has 4 rings (SSSR count). The summed E-state index contributed by atoms with van der Waals surface area (Å²) in [6.45, 7) is 7.23. The number of hydrogen-bond acceptors (Lipinski definition) is 6. The van der Waals surface area contributed by atoms with Gasteiger partial charge in [0.05, 0.1) is 29.7 Å². The van der Waals surface area contributed by atoms with E-state index >= 15 is 4.39 Å². The molecule has 2 heterocycles. The minimum Gasteiger partial charge on any atom is -0.462 e. The number of aliphatic hydroxyl groups is 1. The second-order valence-corrected chi connectivity index (χ2v) is 10.4. The third-order valence-corrected chi connectivity index (χ3v) is 6.48. The Bertz CT molecular complexity index is 1310. The van der Waals surface area contributed by atoms with E-state index in [1.807, 2.05) is 0 Å². The predicted octanol–water partition coefficient (Wildman–Crippen LogP) is 4.56. The summed E-state index contributed by atoms with van der Waals surface area (Å²) in [5, 5.41) is 10.3. The van der Waals surface area contributed by atoms with Gasteiger partial charge in [0, 0.05) is 24.3 Å². The molecule has 0 bridgehead atoms. The minimum absolute atomic E-state index is 0.0624. The lowest BCUT2D eigenvalue weighted by Crippen LogP contribution is -2.42. The van der Waals surface area contributed by atoms with Gasteiger partial charge < -0.3 is 24.0 Å². The number of carbonyl (C=O) groups is 2. The molecule has 1 N–H and O–H groups in total. The number of pyridine rings is 1. The molecule has 10 heteroatoms. The van der Waals surface area contributed by atoms with E-state index in [1.54, 1.807) is 38.3 Å². The molecule has 0 spiro atoms. The highest BCUT2D eigenvalue weighted by molar-refractivity contribution is 5.96. The molecular weight excluding hydrogens is 486 g/mol. The van der Waals surface area contributed by atoms with Gasteiger partial charge in [0.1, 0.15) is 11.2 Å². The van der Waals surface area contributed by atoms with Crippen LogP contribution in [0.4, 0.5) is 13.6 Å². The summed E-state index contributed by atoms with van der Waals surface area (Å²) < 4.78 is 41.8. The highest BCUT2D eigenvalue weighted by Gasteiger charge is 2.37. The van der Waals surface area contributed by atoms with Crippen LogP contribution >= 0.6 is 0 Å². The van der Waals surface area contributed by atoms with Crippen LogP contribution in [-0.4, -0.2) is 57.5 Å². The van der Waals surface area contributed by atoms with Crippen molar-refractivity contribution in [3.63, 3.8) is 0 Å². The van der Waals surface area contributed by atoms with Crippen LogP contribution in [0.25, 0.3) is 17.0 Å². The van der Waals surface area contributed by atoms with Crippen LogP contribution in [0.15, 0.2) is 23.1 Å². The number of rotatable bonds is 6. The van der Waals surface area contributed by atoms with E-state index < -0.39 is 46.9 Å². The summed E-state index contributed by atoms with van der Waals surface area (Å²) >= 11 is 0. The lowest BCUT2D eigenvalue weighted by molar-refractivity contribution is 0.0159. The molecule has 1 aromatic carbocycles. The standard InChI is InChI=1S/C27H32F2N2O6/c1-5-36-25(34)18-14-31(15-9-10-15)23-16(22(29)19(28)13-17(23)24(18)33)7-6-8-20-21(32)11-12-30(20)26(35)37-27(2,3)4/h6-7,13-15,20-21,32H,5,8-12H2,1-4H3/t20-,21+/m1/s1. The molecule has 0 unspecified atom stereocenters. The van der Waals surface area contributed by atoms with Crippen molar-refractivity contribution in [3.8, 4) is 0 Å². The van der Waals surface area contributed by atoms with Crippen molar-refractivity contribution in [1.29, 1.82) is 0 Å². The Kier molecular flexibility index (Phi) is 7.41. The predicted molar refractivity (Wildman–Crippen MR) is 133 cm³/mol. The number of halogens is 2. The maximum Gasteiger partial charge on any atom is 0.410 e. The van der Waals surface area contributed by atoms with Gasteiger partial charge in [-0.2, -0.15) is 0 Å². The van der Waals surface area contributed by atoms with Crippen molar-refractivity contribution >= 4 is 29.0 Å². The number of carbonyl (C=O) groups excluding carboxylic acids is 2. The average molecular weight is 519 g/mol. The minimum atomic E-state index is -1.22. The van der Waals surface area contributed by atoms with Gasteiger partial charge in [-0.05, 0) is 59.4 Å². The van der Waals surface area contributed by atoms with Crippen molar-refractivity contribution in [1.82, 2.24) is 9.47 Å². The van der Waals surface area contributed by atoms with E-state index in [9.17, 15) is 23.9 Å². The Hall–Kier alpha value is -3.27. The maximum atomic E-state index is 15.1. The van der Waals surface area contributed by atoms with Crippen molar-refractivity contribution in [2.24, 2.45) is 0 Å². The number of amides is 1. The number of likely N-dealkylation sites (tertiary alicyclic amines) is 1. The molecule has 1 aliphatic carbocycles. The van der Waals surface area contributed by atoms with Crippen LogP contribution in [0, 0.1) is 11.6 Å². The second-order valence-electron chi connectivity index (χ2n) is 10.4. The van der Waals surface area contributed by atoms with Crippen LogP contribution in [0.5, 0.6) is 0 Å². The molecule has 2 aromatic rings. The Morgan fingerprint density at radius 2 is 1.92 bits per heavy atom. The summed E-state index contributed by atoms with van der Waals surface area (Å²) in [6, 6.07) is 0.152. The zero-order chi connectivity index (χ0) is 27.1. The number of hydrogen-bond donors (Lipinski definition) is 1. The van der Waals surface area contributed by atoms with Crippen molar-refractivity contribution < 1.29 is 33.0 Å². The lowest BCUT2D eigenvalue weighted by Gasteiger charge is -2.29. The zero-order valence-electron chi connectivity index (χ0n) is 21.4.